The molecule has 2 aromatic carbocycles. The monoisotopic (exact) mass is 360 g/mol. The highest BCUT2D eigenvalue weighted by atomic mass is 19.1. The molecule has 0 saturated carbocycles. The van der Waals surface area contributed by atoms with Gasteiger partial charge in [-0.15, -0.1) is 0 Å². The highest BCUT2D eigenvalue weighted by molar-refractivity contribution is 5.75. The summed E-state index contributed by atoms with van der Waals surface area (Å²) in [7, 11) is 0. The van der Waals surface area contributed by atoms with Crippen LogP contribution in [0, 0.1) is 11.7 Å². The number of carbonyl (C=O) groups is 1. The van der Waals surface area contributed by atoms with Gasteiger partial charge < -0.3 is 19.3 Å². The van der Waals surface area contributed by atoms with Crippen molar-refractivity contribution in [2.45, 2.75) is 25.7 Å². The first-order valence-electron chi connectivity index (χ1n) is 8.43. The van der Waals surface area contributed by atoms with Gasteiger partial charge in [0.25, 0.3) is 5.79 Å². The lowest BCUT2D eigenvalue weighted by Crippen LogP contribution is -2.48. The van der Waals surface area contributed by atoms with Crippen molar-refractivity contribution in [2.24, 2.45) is 5.92 Å². The molecule has 0 radical (unpaired) electrons. The van der Waals surface area contributed by atoms with Crippen LogP contribution in [0.1, 0.15) is 18.1 Å². The Morgan fingerprint density at radius 3 is 2.46 bits per heavy atom. The summed E-state index contributed by atoms with van der Waals surface area (Å²) < 4.78 is 29.9. The second-order valence-electron chi connectivity index (χ2n) is 6.47. The van der Waals surface area contributed by atoms with Gasteiger partial charge in [0, 0.05) is 18.4 Å². The van der Waals surface area contributed by atoms with E-state index >= 15 is 0 Å². The molecule has 1 N–H and O–H groups in total. The van der Waals surface area contributed by atoms with Crippen molar-refractivity contribution in [3.8, 4) is 5.75 Å². The lowest BCUT2D eigenvalue weighted by Gasteiger charge is -2.34. The standard InChI is InChI=1S/C20H21FO5/c1-20(19(22)23)25-11-15(12-26-20)10-14-6-8-17(9-7-14)24-13-16-4-2-3-5-18(16)21/h2-9,15H,10-13H2,1H3,(H,22,23)/t15-,20+. The third-order valence-corrected chi connectivity index (χ3v) is 4.38. The maximum atomic E-state index is 13.6. The quantitative estimate of drug-likeness (QED) is 0.855. The van der Waals surface area contributed by atoms with E-state index in [1.807, 2.05) is 24.3 Å². The predicted octanol–water partition coefficient (Wildman–Crippen LogP) is 3.41. The summed E-state index contributed by atoms with van der Waals surface area (Å²) >= 11 is 0. The van der Waals surface area contributed by atoms with Crippen molar-refractivity contribution in [3.63, 3.8) is 0 Å². The zero-order valence-electron chi connectivity index (χ0n) is 14.5. The molecule has 0 atom stereocenters. The molecule has 1 aliphatic rings. The Kier molecular flexibility index (Phi) is 5.54. The largest absolute Gasteiger partial charge is 0.489 e. The molecule has 0 unspecified atom stereocenters. The van der Waals surface area contributed by atoms with Gasteiger partial charge in [-0.2, -0.15) is 0 Å². The molecule has 1 heterocycles. The second-order valence-corrected chi connectivity index (χ2v) is 6.47. The van der Waals surface area contributed by atoms with Crippen LogP contribution in [-0.2, 0) is 27.3 Å². The smallest absolute Gasteiger partial charge is 0.364 e. The molecular formula is C20H21FO5. The Balaban J connectivity index is 1.51. The van der Waals surface area contributed by atoms with Gasteiger partial charge in [-0.1, -0.05) is 30.3 Å². The summed E-state index contributed by atoms with van der Waals surface area (Å²) in [6.45, 7) is 2.24. The van der Waals surface area contributed by atoms with Crippen LogP contribution in [-0.4, -0.2) is 30.1 Å². The highest BCUT2D eigenvalue weighted by Crippen LogP contribution is 2.25. The maximum absolute atomic E-state index is 13.6. The summed E-state index contributed by atoms with van der Waals surface area (Å²) in [6, 6.07) is 14.1. The Bertz CT molecular complexity index is 751. The first kappa shape index (κ1) is 18.4. The molecule has 1 saturated heterocycles. The fourth-order valence-corrected chi connectivity index (χ4v) is 2.72. The Hall–Kier alpha value is -2.44. The zero-order chi connectivity index (χ0) is 18.6. The summed E-state index contributed by atoms with van der Waals surface area (Å²) in [5.74, 6) is -2.21. The van der Waals surface area contributed by atoms with E-state index < -0.39 is 11.8 Å². The zero-order valence-corrected chi connectivity index (χ0v) is 14.5. The van der Waals surface area contributed by atoms with Crippen LogP contribution in [0.25, 0.3) is 0 Å². The van der Waals surface area contributed by atoms with Crippen LogP contribution in [0.4, 0.5) is 4.39 Å². The fraction of sp³-hybridized carbons (Fsp3) is 0.350. The van der Waals surface area contributed by atoms with E-state index in [4.69, 9.17) is 19.3 Å². The number of hydrogen-bond donors (Lipinski definition) is 1. The number of carboxylic acids is 1. The van der Waals surface area contributed by atoms with Crippen molar-refractivity contribution in [2.75, 3.05) is 13.2 Å². The molecule has 138 valence electrons. The topological polar surface area (TPSA) is 65.0 Å². The van der Waals surface area contributed by atoms with Gasteiger partial charge in [0.2, 0.25) is 0 Å². The van der Waals surface area contributed by atoms with Gasteiger partial charge in [-0.05, 0) is 30.2 Å². The normalized spacial score (nSPS) is 22.8. The molecule has 0 aliphatic carbocycles. The first-order valence-corrected chi connectivity index (χ1v) is 8.43. The predicted molar refractivity (Wildman–Crippen MR) is 92.3 cm³/mol. The molecule has 26 heavy (non-hydrogen) atoms. The van der Waals surface area contributed by atoms with Crippen LogP contribution < -0.4 is 4.74 Å². The van der Waals surface area contributed by atoms with E-state index in [0.717, 1.165) is 5.56 Å². The van der Waals surface area contributed by atoms with Gasteiger partial charge in [0.05, 0.1) is 13.2 Å². The van der Waals surface area contributed by atoms with Gasteiger partial charge in [-0.3, -0.25) is 0 Å². The van der Waals surface area contributed by atoms with Crippen molar-refractivity contribution in [3.05, 3.63) is 65.5 Å². The SMILES string of the molecule is C[C@]1(C(=O)O)OC[C@@H](Cc2ccc(OCc3ccccc3F)cc2)CO1. The third kappa shape index (κ3) is 4.39. The van der Waals surface area contributed by atoms with E-state index in [2.05, 4.69) is 0 Å². The van der Waals surface area contributed by atoms with Crippen LogP contribution in [0.15, 0.2) is 48.5 Å². The minimum Gasteiger partial charge on any atom is -0.489 e. The number of halogens is 1. The summed E-state index contributed by atoms with van der Waals surface area (Å²) in [5, 5.41) is 9.07. The van der Waals surface area contributed by atoms with Crippen LogP contribution in [0.3, 0.4) is 0 Å². The van der Waals surface area contributed by atoms with Gasteiger partial charge in [0.15, 0.2) is 0 Å². The number of aliphatic carboxylic acids is 1. The molecule has 2 aromatic rings. The molecule has 0 aromatic heterocycles. The van der Waals surface area contributed by atoms with Crippen molar-refractivity contribution in [1.29, 1.82) is 0 Å². The van der Waals surface area contributed by atoms with E-state index in [1.165, 1.54) is 13.0 Å². The van der Waals surface area contributed by atoms with Crippen LogP contribution in [0.5, 0.6) is 5.75 Å². The average molecular weight is 360 g/mol. The lowest BCUT2D eigenvalue weighted by molar-refractivity contribution is -0.270. The molecular weight excluding hydrogens is 339 g/mol. The Morgan fingerprint density at radius 1 is 1.19 bits per heavy atom. The minimum atomic E-state index is -1.55. The maximum Gasteiger partial charge on any atom is 0.364 e. The second kappa shape index (κ2) is 7.85. The van der Waals surface area contributed by atoms with Crippen molar-refractivity contribution >= 4 is 5.97 Å². The van der Waals surface area contributed by atoms with E-state index in [9.17, 15) is 9.18 Å². The molecule has 5 nitrogen and oxygen atoms in total. The number of rotatable bonds is 6. The van der Waals surface area contributed by atoms with Gasteiger partial charge in [0.1, 0.15) is 18.2 Å². The molecule has 3 rings (SSSR count). The van der Waals surface area contributed by atoms with E-state index in [1.54, 1.807) is 18.2 Å². The van der Waals surface area contributed by atoms with Crippen molar-refractivity contribution < 1.29 is 28.5 Å². The number of ether oxygens (including phenoxy) is 3. The Labute approximate surface area is 151 Å². The van der Waals surface area contributed by atoms with Crippen molar-refractivity contribution in [1.82, 2.24) is 0 Å². The number of carboxylic acid groups (broad SMARTS) is 1. The Morgan fingerprint density at radius 2 is 1.85 bits per heavy atom. The molecule has 0 amide bonds. The molecule has 0 bridgehead atoms. The molecule has 6 heteroatoms. The number of benzene rings is 2. The summed E-state index contributed by atoms with van der Waals surface area (Å²) in [5.41, 5.74) is 1.58. The van der Waals surface area contributed by atoms with Crippen LogP contribution >= 0.6 is 0 Å². The fourth-order valence-electron chi connectivity index (χ4n) is 2.72. The lowest BCUT2D eigenvalue weighted by atomic mass is 9.99. The molecule has 0 spiro atoms. The number of hydrogen-bond acceptors (Lipinski definition) is 4. The minimum absolute atomic E-state index is 0.0904. The molecule has 1 fully saturated rings. The average Bonchev–Trinajstić information content (AvgIpc) is 2.64. The van der Waals surface area contributed by atoms with Crippen LogP contribution in [0.2, 0.25) is 0 Å². The molecule has 1 aliphatic heterocycles. The highest BCUT2D eigenvalue weighted by Gasteiger charge is 2.40. The van der Waals surface area contributed by atoms with Gasteiger partial charge >= 0.3 is 5.97 Å². The first-order chi connectivity index (χ1) is 12.5. The van der Waals surface area contributed by atoms with E-state index in [-0.39, 0.29) is 18.3 Å². The summed E-state index contributed by atoms with van der Waals surface area (Å²) in [4.78, 5) is 11.1. The van der Waals surface area contributed by atoms with E-state index in [0.29, 0.717) is 30.9 Å². The third-order valence-electron chi connectivity index (χ3n) is 4.38. The summed E-state index contributed by atoms with van der Waals surface area (Å²) in [6.07, 6.45) is 0.712. The van der Waals surface area contributed by atoms with Gasteiger partial charge in [-0.25, -0.2) is 9.18 Å².